The first kappa shape index (κ1) is 25.8. The number of nitrogens with zero attached hydrogens (tertiary/aromatic N) is 1. The molecule has 0 amide bonds. The zero-order valence-corrected chi connectivity index (χ0v) is 25.6. The molecule has 1 aliphatic carbocycles. The second-order valence-electron chi connectivity index (χ2n) is 12.7. The summed E-state index contributed by atoms with van der Waals surface area (Å²) in [5.74, 6) is 0. The second kappa shape index (κ2) is 9.11. The van der Waals surface area contributed by atoms with Gasteiger partial charge in [0.1, 0.15) is 22.3 Å². The van der Waals surface area contributed by atoms with E-state index in [1.807, 2.05) is 48.5 Å². The van der Waals surface area contributed by atoms with E-state index in [0.29, 0.717) is 21.9 Å². The Balaban J connectivity index is 1.31. The van der Waals surface area contributed by atoms with Gasteiger partial charge < -0.3 is 13.7 Å². The molecule has 2 aliphatic rings. The highest BCUT2D eigenvalue weighted by Gasteiger charge is 2.53. The summed E-state index contributed by atoms with van der Waals surface area (Å²) in [5, 5.41) is 3.29. The van der Waals surface area contributed by atoms with Crippen LogP contribution < -0.4 is 10.3 Å². The van der Waals surface area contributed by atoms with Gasteiger partial charge in [-0.3, -0.25) is 4.79 Å². The number of para-hydroxylation sites is 3. The SMILES string of the molecule is O=c1c2ccccc2oc2ccc(N3c4ccccc4C4(c5ccccc5-c5ccccc54)c4c3ccc3c4oc4ccccc43)cc12. The first-order chi connectivity index (χ1) is 23.7. The van der Waals surface area contributed by atoms with E-state index < -0.39 is 5.41 Å². The molecule has 1 spiro atoms. The number of rotatable bonds is 1. The maximum Gasteiger partial charge on any atom is 0.200 e. The Labute approximate surface area is 274 Å². The van der Waals surface area contributed by atoms with Crippen molar-refractivity contribution < 1.29 is 8.83 Å². The lowest BCUT2D eigenvalue weighted by molar-refractivity contribution is 0.646. The molecule has 3 heterocycles. The monoisotopic (exact) mass is 615 g/mol. The maximum atomic E-state index is 13.9. The van der Waals surface area contributed by atoms with Gasteiger partial charge in [-0.05, 0) is 82.4 Å². The molecule has 0 fully saturated rings. The van der Waals surface area contributed by atoms with Crippen LogP contribution in [0.15, 0.2) is 165 Å². The normalized spacial score (nSPS) is 14.0. The average Bonchev–Trinajstić information content (AvgIpc) is 3.66. The lowest BCUT2D eigenvalue weighted by Crippen LogP contribution is -2.36. The molecule has 0 N–H and O–H groups in total. The second-order valence-corrected chi connectivity index (χ2v) is 12.7. The van der Waals surface area contributed by atoms with Gasteiger partial charge in [-0.1, -0.05) is 97.1 Å². The van der Waals surface area contributed by atoms with Crippen LogP contribution in [0.5, 0.6) is 0 Å². The molecule has 0 unspecified atom stereocenters. The van der Waals surface area contributed by atoms with Crippen molar-refractivity contribution in [2.75, 3.05) is 4.90 Å². The van der Waals surface area contributed by atoms with Crippen molar-refractivity contribution in [3.63, 3.8) is 0 Å². The van der Waals surface area contributed by atoms with Crippen molar-refractivity contribution >= 4 is 60.9 Å². The number of anilines is 3. The number of furan rings is 1. The van der Waals surface area contributed by atoms with Gasteiger partial charge in [0.2, 0.25) is 5.43 Å². The van der Waals surface area contributed by atoms with Crippen molar-refractivity contribution in [2.45, 2.75) is 5.41 Å². The Hall–Kier alpha value is -6.39. The zero-order chi connectivity index (χ0) is 31.6. The van der Waals surface area contributed by atoms with Gasteiger partial charge in [-0.25, -0.2) is 0 Å². The molecule has 4 heteroatoms. The summed E-state index contributed by atoms with van der Waals surface area (Å²) in [6, 6.07) is 52.3. The zero-order valence-electron chi connectivity index (χ0n) is 25.6. The number of fused-ring (bicyclic) bond motifs is 15. The van der Waals surface area contributed by atoms with Gasteiger partial charge in [0, 0.05) is 22.0 Å². The van der Waals surface area contributed by atoms with Crippen molar-refractivity contribution in [3.8, 4) is 11.1 Å². The predicted octanol–water partition coefficient (Wildman–Crippen LogP) is 11.0. The molecule has 0 bridgehead atoms. The number of benzene rings is 7. The van der Waals surface area contributed by atoms with Crippen molar-refractivity contribution in [1.29, 1.82) is 0 Å². The van der Waals surface area contributed by atoms with Crippen LogP contribution in [0.3, 0.4) is 0 Å². The molecule has 0 saturated carbocycles. The first-order valence-corrected chi connectivity index (χ1v) is 16.2. The summed E-state index contributed by atoms with van der Waals surface area (Å²) in [6.07, 6.45) is 0. The molecule has 0 atom stereocenters. The summed E-state index contributed by atoms with van der Waals surface area (Å²) < 4.78 is 13.1. The van der Waals surface area contributed by atoms with Crippen LogP contribution in [0.1, 0.15) is 22.3 Å². The summed E-state index contributed by atoms with van der Waals surface area (Å²) in [4.78, 5) is 16.2. The number of hydrogen-bond donors (Lipinski definition) is 0. The Morgan fingerprint density at radius 2 is 1.06 bits per heavy atom. The highest BCUT2D eigenvalue weighted by atomic mass is 16.3. The summed E-state index contributed by atoms with van der Waals surface area (Å²) in [5.41, 5.74) is 12.3. The third-order valence-electron chi connectivity index (χ3n) is 10.5. The Kier molecular flexibility index (Phi) is 4.89. The molecular weight excluding hydrogens is 590 g/mol. The van der Waals surface area contributed by atoms with Crippen LogP contribution in [0.25, 0.3) is 55.0 Å². The Morgan fingerprint density at radius 1 is 0.458 bits per heavy atom. The van der Waals surface area contributed by atoms with Crippen LogP contribution in [-0.2, 0) is 5.41 Å². The standard InChI is InChI=1S/C44H25NO3/c46-42-31-14-4-10-20-39(31)47-40-24-21-26(25-32(40)42)45-36-18-8-7-17-35(36)44(33-15-5-1-11-27(33)28-12-2-6-16-34(28)44)41-37(45)23-22-30-29-13-3-9-19-38(29)48-43(30)41/h1-25H. The van der Waals surface area contributed by atoms with Crippen LogP contribution >= 0.6 is 0 Å². The van der Waals surface area contributed by atoms with E-state index >= 15 is 0 Å². The summed E-state index contributed by atoms with van der Waals surface area (Å²) in [6.45, 7) is 0. The van der Waals surface area contributed by atoms with E-state index in [9.17, 15) is 4.79 Å². The number of hydrogen-bond acceptors (Lipinski definition) is 4. The molecule has 224 valence electrons. The lowest BCUT2D eigenvalue weighted by atomic mass is 9.64. The van der Waals surface area contributed by atoms with Gasteiger partial charge in [0.05, 0.1) is 27.6 Å². The fraction of sp³-hybridized carbons (Fsp3) is 0.0227. The molecule has 1 aliphatic heterocycles. The van der Waals surface area contributed by atoms with E-state index in [1.165, 1.54) is 22.3 Å². The molecular formula is C44H25NO3. The van der Waals surface area contributed by atoms with Crippen molar-refractivity contribution in [3.05, 3.63) is 184 Å². The largest absolute Gasteiger partial charge is 0.456 e. The smallest absolute Gasteiger partial charge is 0.200 e. The van der Waals surface area contributed by atoms with Crippen molar-refractivity contribution in [1.82, 2.24) is 0 Å². The highest BCUT2D eigenvalue weighted by Crippen LogP contribution is 2.65. The van der Waals surface area contributed by atoms with Gasteiger partial charge >= 0.3 is 0 Å². The highest BCUT2D eigenvalue weighted by molar-refractivity contribution is 6.11. The lowest BCUT2D eigenvalue weighted by Gasteiger charge is -2.44. The summed E-state index contributed by atoms with van der Waals surface area (Å²) >= 11 is 0. The predicted molar refractivity (Wildman–Crippen MR) is 193 cm³/mol. The quantitative estimate of drug-likeness (QED) is 0.172. The van der Waals surface area contributed by atoms with Crippen LogP contribution in [0.4, 0.5) is 17.1 Å². The van der Waals surface area contributed by atoms with Gasteiger partial charge in [0.25, 0.3) is 0 Å². The minimum Gasteiger partial charge on any atom is -0.456 e. The minimum absolute atomic E-state index is 0.0397. The summed E-state index contributed by atoms with van der Waals surface area (Å²) in [7, 11) is 0. The topological polar surface area (TPSA) is 46.6 Å². The van der Waals surface area contributed by atoms with E-state index in [2.05, 4.69) is 108 Å². The van der Waals surface area contributed by atoms with Gasteiger partial charge in [0.15, 0.2) is 0 Å². The third-order valence-corrected chi connectivity index (χ3v) is 10.5. The van der Waals surface area contributed by atoms with Crippen LogP contribution in [0, 0.1) is 0 Å². The van der Waals surface area contributed by atoms with Crippen LogP contribution in [0.2, 0.25) is 0 Å². The maximum absolute atomic E-state index is 13.9. The van der Waals surface area contributed by atoms with Gasteiger partial charge in [-0.2, -0.15) is 0 Å². The molecule has 7 aromatic carbocycles. The van der Waals surface area contributed by atoms with E-state index in [-0.39, 0.29) is 5.43 Å². The van der Waals surface area contributed by atoms with E-state index in [0.717, 1.165) is 50.1 Å². The Bertz CT molecular complexity index is 2850. The van der Waals surface area contributed by atoms with E-state index in [1.54, 1.807) is 0 Å². The molecule has 4 nitrogen and oxygen atoms in total. The average molecular weight is 616 g/mol. The van der Waals surface area contributed by atoms with Crippen LogP contribution in [-0.4, -0.2) is 0 Å². The minimum atomic E-state index is -0.644. The molecule has 0 radical (unpaired) electrons. The molecule has 48 heavy (non-hydrogen) atoms. The van der Waals surface area contributed by atoms with Gasteiger partial charge in [-0.15, -0.1) is 0 Å². The van der Waals surface area contributed by atoms with Crippen molar-refractivity contribution in [2.24, 2.45) is 0 Å². The molecule has 2 aromatic heterocycles. The first-order valence-electron chi connectivity index (χ1n) is 16.2. The fourth-order valence-corrected chi connectivity index (χ4v) is 8.58. The molecule has 0 saturated heterocycles. The molecule has 11 rings (SSSR count). The molecule has 9 aromatic rings. The fourth-order valence-electron chi connectivity index (χ4n) is 8.58. The third kappa shape index (κ3) is 3.07. The van der Waals surface area contributed by atoms with E-state index in [4.69, 9.17) is 8.83 Å². The Morgan fingerprint density at radius 3 is 1.83 bits per heavy atom.